The van der Waals surface area contributed by atoms with Crippen LogP contribution in [0.15, 0.2) is 66.3 Å². The molecule has 0 saturated carbocycles. The maximum absolute atomic E-state index is 4.97. The van der Waals surface area contributed by atoms with E-state index in [1.54, 1.807) is 11.3 Å². The van der Waals surface area contributed by atoms with Crippen molar-refractivity contribution in [3.05, 3.63) is 71.9 Å². The van der Waals surface area contributed by atoms with Gasteiger partial charge in [-0.1, -0.05) is 18.2 Å². The number of fused-ring (bicyclic) bond motifs is 1. The van der Waals surface area contributed by atoms with Crippen LogP contribution >= 0.6 is 11.3 Å². The van der Waals surface area contributed by atoms with Crippen molar-refractivity contribution in [3.63, 3.8) is 0 Å². The molecule has 0 atom stereocenters. The molecule has 140 valence electrons. The maximum Gasteiger partial charge on any atom is 0.172 e. The third-order valence-corrected chi connectivity index (χ3v) is 6.02. The predicted molar refractivity (Wildman–Crippen MR) is 115 cm³/mol. The number of thiophene rings is 1. The van der Waals surface area contributed by atoms with Crippen LogP contribution in [0.4, 0.5) is 5.82 Å². The van der Waals surface area contributed by atoms with Crippen LogP contribution in [0.1, 0.15) is 5.56 Å². The molecule has 5 rings (SSSR count). The van der Waals surface area contributed by atoms with Crippen molar-refractivity contribution in [3.8, 4) is 10.7 Å². The molecule has 28 heavy (non-hydrogen) atoms. The molecule has 1 aromatic carbocycles. The number of piperazine rings is 1. The first kappa shape index (κ1) is 17.3. The Labute approximate surface area is 168 Å². The number of para-hydroxylation sites is 1. The lowest BCUT2D eigenvalue weighted by atomic mass is 10.2. The van der Waals surface area contributed by atoms with Crippen LogP contribution in [0.25, 0.3) is 21.6 Å². The topological polar surface area (TPSA) is 45.2 Å². The van der Waals surface area contributed by atoms with Crippen molar-refractivity contribution in [2.75, 3.05) is 31.1 Å². The van der Waals surface area contributed by atoms with E-state index in [9.17, 15) is 0 Å². The van der Waals surface area contributed by atoms with Crippen LogP contribution in [0.3, 0.4) is 0 Å². The Bertz CT molecular complexity index is 1060. The summed E-state index contributed by atoms with van der Waals surface area (Å²) in [6.45, 7) is 4.96. The van der Waals surface area contributed by atoms with E-state index in [0.29, 0.717) is 0 Å². The van der Waals surface area contributed by atoms with Crippen LogP contribution in [0.2, 0.25) is 0 Å². The highest BCUT2D eigenvalue weighted by Crippen LogP contribution is 2.30. The normalized spacial score (nSPS) is 15.2. The molecule has 0 N–H and O–H groups in total. The van der Waals surface area contributed by atoms with E-state index in [4.69, 9.17) is 9.97 Å². The van der Waals surface area contributed by atoms with Gasteiger partial charge >= 0.3 is 0 Å². The molecule has 1 aliphatic rings. The standard InChI is InChI=1S/C22H21N5S/c1-2-5-19-18(4-1)22(25-21(24-19)20-6-3-15-28-20)27-13-11-26(12-14-27)16-17-7-9-23-10-8-17/h1-10,15H,11-14,16H2. The van der Waals surface area contributed by atoms with Crippen LogP contribution in [0, 0.1) is 0 Å². The predicted octanol–water partition coefficient (Wildman–Crippen LogP) is 4.08. The molecule has 1 saturated heterocycles. The van der Waals surface area contributed by atoms with Gasteiger partial charge in [0.15, 0.2) is 5.82 Å². The molecule has 6 heteroatoms. The molecule has 0 spiro atoms. The fourth-order valence-electron chi connectivity index (χ4n) is 3.68. The zero-order valence-electron chi connectivity index (χ0n) is 15.5. The zero-order valence-corrected chi connectivity index (χ0v) is 16.3. The van der Waals surface area contributed by atoms with E-state index in [1.165, 1.54) is 5.56 Å². The van der Waals surface area contributed by atoms with E-state index >= 15 is 0 Å². The largest absolute Gasteiger partial charge is 0.353 e. The first-order valence-corrected chi connectivity index (χ1v) is 10.4. The molecule has 0 amide bonds. The maximum atomic E-state index is 4.97. The summed E-state index contributed by atoms with van der Waals surface area (Å²) >= 11 is 1.68. The van der Waals surface area contributed by atoms with Crippen LogP contribution in [-0.4, -0.2) is 46.0 Å². The van der Waals surface area contributed by atoms with Gasteiger partial charge in [-0.05, 0) is 41.3 Å². The van der Waals surface area contributed by atoms with Gasteiger partial charge in [-0.3, -0.25) is 9.88 Å². The number of hydrogen-bond donors (Lipinski definition) is 0. The van der Waals surface area contributed by atoms with Gasteiger partial charge in [0.05, 0.1) is 10.4 Å². The molecule has 1 fully saturated rings. The van der Waals surface area contributed by atoms with Gasteiger partial charge in [-0.15, -0.1) is 11.3 Å². The van der Waals surface area contributed by atoms with Gasteiger partial charge in [0, 0.05) is 50.5 Å². The van der Waals surface area contributed by atoms with Crippen molar-refractivity contribution in [2.45, 2.75) is 6.54 Å². The van der Waals surface area contributed by atoms with Crippen LogP contribution in [0.5, 0.6) is 0 Å². The van der Waals surface area contributed by atoms with Gasteiger partial charge in [0.2, 0.25) is 0 Å². The molecule has 0 aliphatic carbocycles. The molecule has 0 unspecified atom stereocenters. The SMILES string of the molecule is c1csc(-c2nc(N3CCN(Cc4ccncc4)CC3)c3ccccc3n2)c1. The van der Waals surface area contributed by atoms with Crippen LogP contribution in [-0.2, 0) is 6.54 Å². The van der Waals surface area contributed by atoms with Gasteiger partial charge in [-0.25, -0.2) is 9.97 Å². The monoisotopic (exact) mass is 387 g/mol. The molecule has 0 bridgehead atoms. The molecule has 3 aromatic heterocycles. The molecular formula is C22H21N5S. The Morgan fingerprint density at radius 1 is 0.857 bits per heavy atom. The average Bonchev–Trinajstić information content (AvgIpc) is 3.29. The van der Waals surface area contributed by atoms with Crippen molar-refractivity contribution in [1.82, 2.24) is 19.9 Å². The van der Waals surface area contributed by atoms with Gasteiger partial charge < -0.3 is 4.90 Å². The summed E-state index contributed by atoms with van der Waals surface area (Å²) in [6.07, 6.45) is 3.73. The summed E-state index contributed by atoms with van der Waals surface area (Å²) < 4.78 is 0. The first-order valence-electron chi connectivity index (χ1n) is 9.54. The summed E-state index contributed by atoms with van der Waals surface area (Å²) in [5.41, 5.74) is 2.33. The Balaban J connectivity index is 1.40. The lowest BCUT2D eigenvalue weighted by molar-refractivity contribution is 0.249. The summed E-state index contributed by atoms with van der Waals surface area (Å²) in [5, 5.41) is 3.20. The average molecular weight is 388 g/mol. The Morgan fingerprint density at radius 3 is 2.46 bits per heavy atom. The summed E-state index contributed by atoms with van der Waals surface area (Å²) in [7, 11) is 0. The highest BCUT2D eigenvalue weighted by atomic mass is 32.1. The number of benzene rings is 1. The minimum atomic E-state index is 0.822. The third kappa shape index (κ3) is 3.48. The Hall–Kier alpha value is -2.83. The van der Waals surface area contributed by atoms with E-state index < -0.39 is 0 Å². The zero-order chi connectivity index (χ0) is 18.8. The van der Waals surface area contributed by atoms with E-state index in [0.717, 1.165) is 60.1 Å². The van der Waals surface area contributed by atoms with Crippen molar-refractivity contribution >= 4 is 28.1 Å². The van der Waals surface area contributed by atoms with E-state index in [-0.39, 0.29) is 0 Å². The van der Waals surface area contributed by atoms with Gasteiger partial charge in [0.25, 0.3) is 0 Å². The summed E-state index contributed by atoms with van der Waals surface area (Å²) in [4.78, 5) is 19.9. The Morgan fingerprint density at radius 2 is 1.68 bits per heavy atom. The quantitative estimate of drug-likeness (QED) is 0.528. The third-order valence-electron chi connectivity index (χ3n) is 5.15. The van der Waals surface area contributed by atoms with E-state index in [2.05, 4.69) is 62.6 Å². The lowest BCUT2D eigenvalue weighted by Crippen LogP contribution is -2.46. The molecule has 4 heterocycles. The highest BCUT2D eigenvalue weighted by molar-refractivity contribution is 7.13. The van der Waals surface area contributed by atoms with Crippen molar-refractivity contribution < 1.29 is 0 Å². The molecule has 0 radical (unpaired) electrons. The number of pyridine rings is 1. The lowest BCUT2D eigenvalue weighted by Gasteiger charge is -2.36. The number of hydrogen-bond acceptors (Lipinski definition) is 6. The molecule has 5 nitrogen and oxygen atoms in total. The number of nitrogens with zero attached hydrogens (tertiary/aromatic N) is 5. The van der Waals surface area contributed by atoms with Gasteiger partial charge in [0.1, 0.15) is 5.82 Å². The minimum absolute atomic E-state index is 0.822. The smallest absolute Gasteiger partial charge is 0.172 e. The molecule has 4 aromatic rings. The van der Waals surface area contributed by atoms with Crippen molar-refractivity contribution in [2.24, 2.45) is 0 Å². The molecule has 1 aliphatic heterocycles. The highest BCUT2D eigenvalue weighted by Gasteiger charge is 2.21. The molecular weight excluding hydrogens is 366 g/mol. The summed E-state index contributed by atoms with van der Waals surface area (Å²) in [5.74, 6) is 1.88. The minimum Gasteiger partial charge on any atom is -0.353 e. The second kappa shape index (κ2) is 7.66. The fraction of sp³-hybridized carbons (Fsp3) is 0.227. The Kier molecular flexibility index (Phi) is 4.72. The summed E-state index contributed by atoms with van der Waals surface area (Å²) in [6, 6.07) is 16.7. The number of anilines is 1. The fourth-order valence-corrected chi connectivity index (χ4v) is 4.34. The van der Waals surface area contributed by atoms with Gasteiger partial charge in [-0.2, -0.15) is 0 Å². The van der Waals surface area contributed by atoms with Crippen molar-refractivity contribution in [1.29, 1.82) is 0 Å². The second-order valence-corrected chi connectivity index (χ2v) is 7.93. The van der Waals surface area contributed by atoms with Crippen LogP contribution < -0.4 is 4.90 Å². The van der Waals surface area contributed by atoms with E-state index in [1.807, 2.05) is 18.5 Å². The first-order chi connectivity index (χ1) is 13.9. The number of rotatable bonds is 4. The number of aromatic nitrogens is 3. The second-order valence-electron chi connectivity index (χ2n) is 6.98.